The minimum atomic E-state index is -0.116. The van der Waals surface area contributed by atoms with Crippen LogP contribution in [0.4, 0.5) is 0 Å². The van der Waals surface area contributed by atoms with Crippen molar-refractivity contribution in [3.8, 4) is 0 Å². The summed E-state index contributed by atoms with van der Waals surface area (Å²) in [4.78, 5) is 11.1. The summed E-state index contributed by atoms with van der Waals surface area (Å²) < 4.78 is 4.67. The molecule has 1 N–H and O–H groups in total. The maximum absolute atomic E-state index is 11.1. The van der Waals surface area contributed by atoms with Crippen molar-refractivity contribution in [3.63, 3.8) is 0 Å². The molecule has 0 aromatic rings. The van der Waals surface area contributed by atoms with Crippen molar-refractivity contribution in [2.45, 2.75) is 45.1 Å². The number of nitrogens with one attached hydrogen (secondary N) is 1. The van der Waals surface area contributed by atoms with Crippen LogP contribution in [-0.4, -0.2) is 25.7 Å². The molecule has 0 bridgehead atoms. The van der Waals surface area contributed by atoms with Gasteiger partial charge in [-0.1, -0.05) is 0 Å². The predicted molar refractivity (Wildman–Crippen MR) is 63.0 cm³/mol. The Morgan fingerprint density at radius 3 is 2.31 bits per heavy atom. The molecule has 1 unspecified atom stereocenters. The Labute approximate surface area is 97.9 Å². The van der Waals surface area contributed by atoms with E-state index in [-0.39, 0.29) is 12.0 Å². The van der Waals surface area contributed by atoms with Crippen molar-refractivity contribution >= 4 is 5.97 Å². The van der Waals surface area contributed by atoms with E-state index in [2.05, 4.69) is 17.0 Å². The van der Waals surface area contributed by atoms with Crippen LogP contribution >= 0.6 is 0 Å². The first-order valence-electron chi connectivity index (χ1n) is 6.51. The minimum absolute atomic E-state index is 0.116. The molecule has 2 rings (SSSR count). The highest BCUT2D eigenvalue weighted by Crippen LogP contribution is 2.48. The van der Waals surface area contributed by atoms with Gasteiger partial charge in [0.05, 0.1) is 13.5 Å². The van der Waals surface area contributed by atoms with Crippen molar-refractivity contribution in [1.82, 2.24) is 5.32 Å². The zero-order chi connectivity index (χ0) is 11.5. The summed E-state index contributed by atoms with van der Waals surface area (Å²) in [5.74, 6) is 2.71. The highest BCUT2D eigenvalue weighted by Gasteiger charge is 2.41. The third-order valence-electron chi connectivity index (χ3n) is 3.86. The lowest BCUT2D eigenvalue weighted by Gasteiger charge is -2.19. The Kier molecular flexibility index (Phi) is 3.85. The zero-order valence-corrected chi connectivity index (χ0v) is 10.4. The lowest BCUT2D eigenvalue weighted by Crippen LogP contribution is -2.34. The summed E-state index contributed by atoms with van der Waals surface area (Å²) in [5, 5.41) is 3.49. The predicted octanol–water partition coefficient (Wildman–Crippen LogP) is 1.96. The van der Waals surface area contributed by atoms with Crippen molar-refractivity contribution in [2.24, 2.45) is 17.8 Å². The maximum Gasteiger partial charge on any atom is 0.307 e. The van der Waals surface area contributed by atoms with Gasteiger partial charge >= 0.3 is 5.97 Å². The van der Waals surface area contributed by atoms with Crippen LogP contribution in [0.25, 0.3) is 0 Å². The number of esters is 1. The molecule has 3 nitrogen and oxygen atoms in total. The lowest BCUT2D eigenvalue weighted by molar-refractivity contribution is -0.141. The summed E-state index contributed by atoms with van der Waals surface area (Å²) in [6, 6.07) is 0.243. The van der Waals surface area contributed by atoms with E-state index in [0.717, 1.165) is 24.3 Å². The fraction of sp³-hybridized carbons (Fsp3) is 0.923. The number of methoxy groups -OCH3 is 1. The van der Waals surface area contributed by atoms with Crippen LogP contribution in [0.1, 0.15) is 39.0 Å². The van der Waals surface area contributed by atoms with Crippen LogP contribution in [0.5, 0.6) is 0 Å². The van der Waals surface area contributed by atoms with E-state index >= 15 is 0 Å². The molecule has 0 spiro atoms. The fourth-order valence-corrected chi connectivity index (χ4v) is 2.51. The van der Waals surface area contributed by atoms with Gasteiger partial charge in [0, 0.05) is 6.04 Å². The van der Waals surface area contributed by atoms with Gasteiger partial charge in [-0.15, -0.1) is 0 Å². The summed E-state index contributed by atoms with van der Waals surface area (Å²) in [5.41, 5.74) is 0. The van der Waals surface area contributed by atoms with E-state index in [9.17, 15) is 4.79 Å². The molecule has 0 aromatic carbocycles. The Morgan fingerprint density at radius 2 is 1.88 bits per heavy atom. The number of rotatable bonds is 7. The van der Waals surface area contributed by atoms with Gasteiger partial charge in [-0.25, -0.2) is 0 Å². The van der Waals surface area contributed by atoms with E-state index in [1.54, 1.807) is 0 Å². The second-order valence-corrected chi connectivity index (χ2v) is 5.43. The number of carbonyl (C=O) groups excluding carboxylic acids is 1. The van der Waals surface area contributed by atoms with Crippen LogP contribution in [0.3, 0.4) is 0 Å². The first-order chi connectivity index (χ1) is 7.70. The van der Waals surface area contributed by atoms with E-state index < -0.39 is 0 Å². The van der Waals surface area contributed by atoms with Gasteiger partial charge in [0.25, 0.3) is 0 Å². The Bertz CT molecular complexity index is 234. The Hall–Kier alpha value is -0.570. The molecule has 2 saturated carbocycles. The molecular weight excluding hydrogens is 202 g/mol. The van der Waals surface area contributed by atoms with Crippen molar-refractivity contribution in [2.75, 3.05) is 13.7 Å². The van der Waals surface area contributed by atoms with Crippen molar-refractivity contribution in [3.05, 3.63) is 0 Å². The highest BCUT2D eigenvalue weighted by atomic mass is 16.5. The molecular formula is C13H23NO2. The second-order valence-electron chi connectivity index (χ2n) is 5.43. The largest absolute Gasteiger partial charge is 0.469 e. The maximum atomic E-state index is 11.1. The lowest BCUT2D eigenvalue weighted by atomic mass is 9.97. The normalized spacial score (nSPS) is 22.2. The molecule has 0 radical (unpaired) electrons. The van der Waals surface area contributed by atoms with E-state index in [1.165, 1.54) is 32.8 Å². The van der Waals surface area contributed by atoms with Crippen LogP contribution < -0.4 is 5.32 Å². The fourth-order valence-electron chi connectivity index (χ4n) is 2.51. The number of hydrogen-bond donors (Lipinski definition) is 1. The molecule has 0 amide bonds. The smallest absolute Gasteiger partial charge is 0.307 e. The van der Waals surface area contributed by atoms with Crippen molar-refractivity contribution in [1.29, 1.82) is 0 Å². The van der Waals surface area contributed by atoms with Gasteiger partial charge < -0.3 is 10.1 Å². The molecule has 2 aliphatic rings. The monoisotopic (exact) mass is 225 g/mol. The molecule has 0 aliphatic heterocycles. The van der Waals surface area contributed by atoms with Gasteiger partial charge in [0.1, 0.15) is 0 Å². The van der Waals surface area contributed by atoms with Gasteiger partial charge in [-0.3, -0.25) is 4.79 Å². The molecule has 2 aliphatic carbocycles. The number of carbonyl (C=O) groups is 1. The third kappa shape index (κ3) is 3.48. The average Bonchev–Trinajstić information content (AvgIpc) is 3.11. The van der Waals surface area contributed by atoms with E-state index in [4.69, 9.17) is 0 Å². The van der Waals surface area contributed by atoms with Gasteiger partial charge in [-0.2, -0.15) is 0 Å². The molecule has 16 heavy (non-hydrogen) atoms. The summed E-state index contributed by atoms with van der Waals surface area (Å²) in [6.45, 7) is 3.15. The summed E-state index contributed by atoms with van der Waals surface area (Å²) >= 11 is 0. The van der Waals surface area contributed by atoms with Crippen LogP contribution in [-0.2, 0) is 9.53 Å². The Morgan fingerprint density at radius 1 is 1.31 bits per heavy atom. The number of ether oxygens (including phenoxy) is 1. The average molecular weight is 225 g/mol. The third-order valence-corrected chi connectivity index (χ3v) is 3.86. The standard InChI is InChI=1S/C13H23NO2/c1-9(7-13(15)16-2)14-8-12(10-3-4-10)11-5-6-11/h9-12,14H,3-8H2,1-2H3. The molecule has 0 saturated heterocycles. The highest BCUT2D eigenvalue weighted by molar-refractivity contribution is 5.69. The first-order valence-corrected chi connectivity index (χ1v) is 6.51. The quantitative estimate of drug-likeness (QED) is 0.673. The molecule has 0 heterocycles. The van der Waals surface area contributed by atoms with Crippen LogP contribution in [0, 0.1) is 17.8 Å². The molecule has 0 aromatic heterocycles. The number of hydrogen-bond acceptors (Lipinski definition) is 3. The molecule has 1 atom stereocenters. The van der Waals surface area contributed by atoms with E-state index in [1.807, 2.05) is 0 Å². The summed E-state index contributed by atoms with van der Waals surface area (Å²) in [6.07, 6.45) is 6.18. The van der Waals surface area contributed by atoms with Gasteiger partial charge in [0.15, 0.2) is 0 Å². The van der Waals surface area contributed by atoms with Crippen molar-refractivity contribution < 1.29 is 9.53 Å². The SMILES string of the molecule is COC(=O)CC(C)NCC(C1CC1)C1CC1. The van der Waals surface area contributed by atoms with Crippen LogP contribution in [0.2, 0.25) is 0 Å². The minimum Gasteiger partial charge on any atom is -0.469 e. The zero-order valence-electron chi connectivity index (χ0n) is 10.4. The van der Waals surface area contributed by atoms with Gasteiger partial charge in [0.2, 0.25) is 0 Å². The van der Waals surface area contributed by atoms with Crippen LogP contribution in [0.15, 0.2) is 0 Å². The Balaban J connectivity index is 1.66. The topological polar surface area (TPSA) is 38.3 Å². The first kappa shape index (κ1) is 11.9. The second kappa shape index (κ2) is 5.17. The van der Waals surface area contributed by atoms with E-state index in [0.29, 0.717) is 6.42 Å². The summed E-state index contributed by atoms with van der Waals surface area (Å²) in [7, 11) is 1.45. The molecule has 3 heteroatoms. The van der Waals surface area contributed by atoms with Gasteiger partial charge in [-0.05, 0) is 56.9 Å². The molecule has 92 valence electrons. The molecule has 2 fully saturated rings.